The van der Waals surface area contributed by atoms with Crippen LogP contribution >= 0.6 is 0 Å². The van der Waals surface area contributed by atoms with Gasteiger partial charge in [-0.25, -0.2) is 4.98 Å². The smallest absolute Gasteiger partial charge is 0.109 e. The first kappa shape index (κ1) is 17.1. The zero-order chi connectivity index (χ0) is 15.9. The summed E-state index contributed by atoms with van der Waals surface area (Å²) in [7, 11) is -0.668. The van der Waals surface area contributed by atoms with Crippen molar-refractivity contribution >= 4 is 21.8 Å². The summed E-state index contributed by atoms with van der Waals surface area (Å²) in [5.74, 6) is 2.00. The molecule has 2 heterocycles. The lowest BCUT2D eigenvalue weighted by Crippen LogP contribution is -2.06. The number of nitrogens with zero attached hydrogens (tertiary/aromatic N) is 3. The van der Waals surface area contributed by atoms with Crippen LogP contribution in [-0.2, 0) is 23.8 Å². The van der Waals surface area contributed by atoms with E-state index < -0.39 is 10.8 Å². The van der Waals surface area contributed by atoms with Gasteiger partial charge in [0.2, 0.25) is 0 Å². The monoisotopic (exact) mass is 321 g/mol. The molecule has 0 bridgehead atoms. The van der Waals surface area contributed by atoms with Gasteiger partial charge in [0.25, 0.3) is 0 Å². The quantitative estimate of drug-likeness (QED) is 0.663. The number of rotatable bonds is 9. The Morgan fingerprint density at radius 1 is 1.18 bits per heavy atom. The second kappa shape index (κ2) is 8.42. The Morgan fingerprint density at radius 3 is 2.73 bits per heavy atom. The molecular weight excluding hydrogens is 294 g/mol. The first-order valence-electron chi connectivity index (χ1n) is 8.23. The third kappa shape index (κ3) is 4.38. The molecule has 0 saturated carbocycles. The maximum absolute atomic E-state index is 11.1. The third-order valence-corrected chi connectivity index (χ3v) is 4.84. The van der Waals surface area contributed by atoms with E-state index in [0.717, 1.165) is 43.5 Å². The minimum absolute atomic E-state index is 0.668. The Labute approximate surface area is 135 Å². The fourth-order valence-corrected chi connectivity index (χ4v) is 3.43. The van der Waals surface area contributed by atoms with Gasteiger partial charge in [0.1, 0.15) is 11.3 Å². The normalized spacial score (nSPS) is 12.9. The fourth-order valence-electron chi connectivity index (χ4n) is 2.82. The average Bonchev–Trinajstić information content (AvgIpc) is 2.83. The molecule has 0 aliphatic carbocycles. The lowest BCUT2D eigenvalue weighted by molar-refractivity contribution is 0.582. The molecule has 2 aromatic rings. The molecule has 0 saturated heterocycles. The van der Waals surface area contributed by atoms with Crippen LogP contribution < -0.4 is 0 Å². The number of aromatic nitrogens is 3. The van der Waals surface area contributed by atoms with E-state index in [0.29, 0.717) is 0 Å². The van der Waals surface area contributed by atoms with Crippen LogP contribution in [0.1, 0.15) is 50.4 Å². The van der Waals surface area contributed by atoms with Crippen molar-refractivity contribution in [2.45, 2.75) is 58.9 Å². The Morgan fingerprint density at radius 2 is 2.00 bits per heavy atom. The topological polar surface area (TPSA) is 47.8 Å². The first-order chi connectivity index (χ1) is 10.6. The Kier molecular flexibility index (Phi) is 6.55. The van der Waals surface area contributed by atoms with Crippen molar-refractivity contribution < 1.29 is 4.21 Å². The predicted molar refractivity (Wildman–Crippen MR) is 93.7 cm³/mol. The number of aryl methyl sites for hydroxylation is 3. The van der Waals surface area contributed by atoms with Gasteiger partial charge in [0.05, 0.1) is 11.7 Å². The van der Waals surface area contributed by atoms with E-state index in [1.807, 2.05) is 12.4 Å². The van der Waals surface area contributed by atoms with Gasteiger partial charge in [-0.3, -0.25) is 9.19 Å². The van der Waals surface area contributed by atoms with Crippen molar-refractivity contribution in [3.05, 3.63) is 23.8 Å². The molecule has 5 heteroatoms. The van der Waals surface area contributed by atoms with E-state index in [4.69, 9.17) is 4.98 Å². The molecule has 0 aliphatic heterocycles. The zero-order valence-corrected chi connectivity index (χ0v) is 14.8. The van der Waals surface area contributed by atoms with Crippen molar-refractivity contribution in [1.82, 2.24) is 14.5 Å². The van der Waals surface area contributed by atoms with E-state index in [9.17, 15) is 4.21 Å². The summed E-state index contributed by atoms with van der Waals surface area (Å²) in [5.41, 5.74) is 3.45. The van der Waals surface area contributed by atoms with Crippen molar-refractivity contribution in [2.75, 3.05) is 12.0 Å². The van der Waals surface area contributed by atoms with Gasteiger partial charge in [-0.15, -0.1) is 0 Å². The SMILES string of the molecule is CCCCc1nc2cncc(C)c2n1CCCCCS(C)=O. The van der Waals surface area contributed by atoms with Crippen LogP contribution in [0.4, 0.5) is 0 Å². The van der Waals surface area contributed by atoms with Crippen LogP contribution in [-0.4, -0.2) is 30.8 Å². The highest BCUT2D eigenvalue weighted by molar-refractivity contribution is 7.84. The standard InChI is InChI=1S/C17H27N3OS/c1-4-5-9-16-19-15-13-18-12-14(2)17(15)20(16)10-7-6-8-11-22(3)21/h12-13H,4-11H2,1-3H3. The Balaban J connectivity index is 2.12. The van der Waals surface area contributed by atoms with Gasteiger partial charge >= 0.3 is 0 Å². The predicted octanol–water partition coefficient (Wildman–Crippen LogP) is 3.63. The molecule has 122 valence electrons. The molecule has 0 aromatic carbocycles. The highest BCUT2D eigenvalue weighted by atomic mass is 32.2. The van der Waals surface area contributed by atoms with E-state index in [1.54, 1.807) is 6.26 Å². The molecule has 22 heavy (non-hydrogen) atoms. The molecule has 2 rings (SSSR count). The highest BCUT2D eigenvalue weighted by Gasteiger charge is 2.12. The maximum atomic E-state index is 11.1. The summed E-state index contributed by atoms with van der Waals surface area (Å²) in [6.07, 6.45) is 12.2. The van der Waals surface area contributed by atoms with Crippen LogP contribution in [0.3, 0.4) is 0 Å². The molecule has 1 atom stereocenters. The molecule has 4 nitrogen and oxygen atoms in total. The number of hydrogen-bond acceptors (Lipinski definition) is 3. The summed E-state index contributed by atoms with van der Waals surface area (Å²) in [5, 5.41) is 0. The minimum Gasteiger partial charge on any atom is -0.328 e. The van der Waals surface area contributed by atoms with Crippen LogP contribution in [0.25, 0.3) is 11.0 Å². The van der Waals surface area contributed by atoms with Crippen molar-refractivity contribution in [1.29, 1.82) is 0 Å². The third-order valence-electron chi connectivity index (χ3n) is 3.98. The maximum Gasteiger partial charge on any atom is 0.109 e. The zero-order valence-electron chi connectivity index (χ0n) is 14.0. The number of pyridine rings is 1. The largest absolute Gasteiger partial charge is 0.328 e. The highest BCUT2D eigenvalue weighted by Crippen LogP contribution is 2.21. The lowest BCUT2D eigenvalue weighted by atomic mass is 10.2. The molecule has 1 unspecified atom stereocenters. The molecule has 0 N–H and O–H groups in total. The van der Waals surface area contributed by atoms with Gasteiger partial charge in [0.15, 0.2) is 0 Å². The van der Waals surface area contributed by atoms with Gasteiger partial charge in [0, 0.05) is 42.0 Å². The number of fused-ring (bicyclic) bond motifs is 1. The molecule has 2 aromatic heterocycles. The second-order valence-electron chi connectivity index (χ2n) is 5.95. The van der Waals surface area contributed by atoms with Gasteiger partial charge in [-0.1, -0.05) is 19.8 Å². The summed E-state index contributed by atoms with van der Waals surface area (Å²) in [6, 6.07) is 0. The molecule has 0 aliphatic rings. The molecular formula is C17H27N3OS. The van der Waals surface area contributed by atoms with Crippen LogP contribution in [0, 0.1) is 6.92 Å². The lowest BCUT2D eigenvalue weighted by Gasteiger charge is -2.10. The van der Waals surface area contributed by atoms with Crippen molar-refractivity contribution in [2.24, 2.45) is 0 Å². The Bertz CT molecular complexity index is 636. The van der Waals surface area contributed by atoms with Crippen LogP contribution in [0.15, 0.2) is 12.4 Å². The summed E-state index contributed by atoms with van der Waals surface area (Å²) < 4.78 is 13.5. The minimum atomic E-state index is -0.668. The summed E-state index contributed by atoms with van der Waals surface area (Å²) in [6.45, 7) is 5.32. The van der Waals surface area contributed by atoms with Crippen molar-refractivity contribution in [3.63, 3.8) is 0 Å². The molecule has 0 fully saturated rings. The molecule has 0 spiro atoms. The van der Waals surface area contributed by atoms with Crippen LogP contribution in [0.5, 0.6) is 0 Å². The summed E-state index contributed by atoms with van der Waals surface area (Å²) >= 11 is 0. The fraction of sp³-hybridized carbons (Fsp3) is 0.647. The number of imidazole rings is 1. The summed E-state index contributed by atoms with van der Waals surface area (Å²) in [4.78, 5) is 9.06. The molecule has 0 radical (unpaired) electrons. The number of unbranched alkanes of at least 4 members (excludes halogenated alkanes) is 3. The van der Waals surface area contributed by atoms with E-state index in [1.165, 1.54) is 29.7 Å². The van der Waals surface area contributed by atoms with E-state index in [-0.39, 0.29) is 0 Å². The molecule has 0 amide bonds. The van der Waals surface area contributed by atoms with Gasteiger partial charge < -0.3 is 4.57 Å². The van der Waals surface area contributed by atoms with E-state index in [2.05, 4.69) is 23.4 Å². The first-order valence-corrected chi connectivity index (χ1v) is 9.96. The number of hydrogen-bond donors (Lipinski definition) is 0. The van der Waals surface area contributed by atoms with Gasteiger partial charge in [-0.05, 0) is 31.7 Å². The van der Waals surface area contributed by atoms with Crippen molar-refractivity contribution in [3.8, 4) is 0 Å². The van der Waals surface area contributed by atoms with E-state index >= 15 is 0 Å². The van der Waals surface area contributed by atoms with Crippen LogP contribution in [0.2, 0.25) is 0 Å². The average molecular weight is 321 g/mol. The second-order valence-corrected chi connectivity index (χ2v) is 7.50. The van der Waals surface area contributed by atoms with Gasteiger partial charge in [-0.2, -0.15) is 0 Å². The Hall–Kier alpha value is -1.23.